The Morgan fingerprint density at radius 3 is 2.48 bits per heavy atom. The van der Waals surface area contributed by atoms with E-state index in [0.717, 1.165) is 22.5 Å². The number of hydrogen-bond acceptors (Lipinski definition) is 2. The van der Waals surface area contributed by atoms with Crippen LogP contribution in [-0.2, 0) is 0 Å². The minimum absolute atomic E-state index is 0.648. The van der Waals surface area contributed by atoms with Crippen LogP contribution in [0.5, 0.6) is 0 Å². The van der Waals surface area contributed by atoms with Crippen molar-refractivity contribution in [2.45, 2.75) is 33.5 Å². The number of benzene rings is 1. The quantitative estimate of drug-likeness (QED) is 0.595. The monoisotopic (exact) mass is 293 g/mol. The van der Waals surface area contributed by atoms with Crippen LogP contribution in [0.25, 0.3) is 5.69 Å². The van der Waals surface area contributed by atoms with Crippen LogP contribution >= 0.6 is 0 Å². The molecule has 0 fully saturated rings. The SMILES string of the molecule is Cc1cc(C#N)cc(-n2ncc(C#C[Si](C)(C)C)c2C)c1. The third-order valence-corrected chi connectivity index (χ3v) is 3.89. The molecule has 3 nitrogen and oxygen atoms in total. The summed E-state index contributed by atoms with van der Waals surface area (Å²) in [6.45, 7) is 10.7. The second-order valence-electron chi connectivity index (χ2n) is 6.22. The Bertz CT molecular complexity index is 777. The number of nitrogens with zero attached hydrogens (tertiary/aromatic N) is 3. The van der Waals surface area contributed by atoms with E-state index in [2.05, 4.69) is 42.3 Å². The second-order valence-corrected chi connectivity index (χ2v) is 11.0. The fraction of sp³-hybridized carbons (Fsp3) is 0.294. The highest BCUT2D eigenvalue weighted by molar-refractivity contribution is 6.83. The lowest BCUT2D eigenvalue weighted by molar-refractivity contribution is 0.845. The van der Waals surface area contributed by atoms with Crippen molar-refractivity contribution in [3.8, 4) is 23.2 Å². The van der Waals surface area contributed by atoms with Gasteiger partial charge in [0.25, 0.3) is 0 Å². The summed E-state index contributed by atoms with van der Waals surface area (Å²) in [5.74, 6) is 3.25. The highest BCUT2D eigenvalue weighted by Crippen LogP contribution is 2.17. The number of nitriles is 1. The summed E-state index contributed by atoms with van der Waals surface area (Å²) in [5.41, 5.74) is 7.93. The van der Waals surface area contributed by atoms with E-state index in [1.807, 2.05) is 36.7 Å². The summed E-state index contributed by atoms with van der Waals surface area (Å²) in [4.78, 5) is 0. The van der Waals surface area contributed by atoms with Gasteiger partial charge < -0.3 is 0 Å². The molecule has 0 bridgehead atoms. The molecule has 1 heterocycles. The van der Waals surface area contributed by atoms with Crippen molar-refractivity contribution in [3.63, 3.8) is 0 Å². The molecule has 0 radical (unpaired) electrons. The standard InChI is InChI=1S/C17H19N3Si/c1-13-8-15(11-18)10-17(9-13)20-14(2)16(12-19-20)6-7-21(3,4)5/h8-10,12H,1-5H3. The van der Waals surface area contributed by atoms with E-state index < -0.39 is 8.07 Å². The van der Waals surface area contributed by atoms with Gasteiger partial charge in [0.1, 0.15) is 8.07 Å². The highest BCUT2D eigenvalue weighted by Gasteiger charge is 2.10. The smallest absolute Gasteiger partial charge is 0.129 e. The summed E-state index contributed by atoms with van der Waals surface area (Å²) >= 11 is 0. The van der Waals surface area contributed by atoms with Gasteiger partial charge in [0.05, 0.1) is 34.8 Å². The average Bonchev–Trinajstić information content (AvgIpc) is 2.76. The van der Waals surface area contributed by atoms with Crippen LogP contribution in [0.2, 0.25) is 19.6 Å². The van der Waals surface area contributed by atoms with Crippen molar-refractivity contribution in [1.29, 1.82) is 5.26 Å². The second kappa shape index (κ2) is 5.59. The molecule has 1 aromatic heterocycles. The fourth-order valence-corrected chi connectivity index (χ4v) is 2.51. The molecule has 0 N–H and O–H groups in total. The zero-order valence-corrected chi connectivity index (χ0v) is 14.2. The Kier molecular flexibility index (Phi) is 4.02. The highest BCUT2D eigenvalue weighted by atomic mass is 28.3. The molecular weight excluding hydrogens is 274 g/mol. The number of rotatable bonds is 1. The van der Waals surface area contributed by atoms with Crippen LogP contribution in [-0.4, -0.2) is 17.9 Å². The van der Waals surface area contributed by atoms with E-state index in [1.54, 1.807) is 6.20 Å². The van der Waals surface area contributed by atoms with Crippen molar-refractivity contribution in [2.75, 3.05) is 0 Å². The first-order valence-corrected chi connectivity index (χ1v) is 10.4. The van der Waals surface area contributed by atoms with Gasteiger partial charge in [-0.3, -0.25) is 0 Å². The number of aryl methyl sites for hydroxylation is 1. The van der Waals surface area contributed by atoms with E-state index in [0.29, 0.717) is 5.56 Å². The molecule has 0 amide bonds. The van der Waals surface area contributed by atoms with Crippen molar-refractivity contribution < 1.29 is 0 Å². The van der Waals surface area contributed by atoms with E-state index in [9.17, 15) is 0 Å². The van der Waals surface area contributed by atoms with Crippen molar-refractivity contribution in [3.05, 3.63) is 46.8 Å². The molecule has 0 unspecified atom stereocenters. The molecule has 2 rings (SSSR count). The minimum atomic E-state index is -1.40. The molecule has 106 valence electrons. The molecule has 1 aromatic carbocycles. The van der Waals surface area contributed by atoms with Crippen LogP contribution in [0.1, 0.15) is 22.4 Å². The molecule has 0 saturated heterocycles. The number of aromatic nitrogens is 2. The summed E-state index contributed by atoms with van der Waals surface area (Å²) < 4.78 is 1.85. The summed E-state index contributed by atoms with van der Waals surface area (Å²) in [7, 11) is -1.40. The first-order chi connectivity index (χ1) is 9.80. The van der Waals surface area contributed by atoms with E-state index in [1.165, 1.54) is 0 Å². The topological polar surface area (TPSA) is 41.6 Å². The molecule has 0 aliphatic carbocycles. The Morgan fingerprint density at radius 1 is 1.14 bits per heavy atom. The maximum absolute atomic E-state index is 9.08. The predicted molar refractivity (Wildman–Crippen MR) is 88.0 cm³/mol. The molecule has 0 aliphatic rings. The van der Waals surface area contributed by atoms with E-state index in [4.69, 9.17) is 5.26 Å². The third-order valence-electron chi connectivity index (χ3n) is 3.02. The van der Waals surface area contributed by atoms with Crippen molar-refractivity contribution >= 4 is 8.07 Å². The minimum Gasteiger partial charge on any atom is -0.237 e. The van der Waals surface area contributed by atoms with Gasteiger partial charge in [-0.25, -0.2) is 4.68 Å². The summed E-state index contributed by atoms with van der Waals surface area (Å²) in [5, 5.41) is 13.5. The van der Waals surface area contributed by atoms with Crippen LogP contribution in [0.3, 0.4) is 0 Å². The third kappa shape index (κ3) is 3.62. The summed E-state index contributed by atoms with van der Waals surface area (Å²) in [6.07, 6.45) is 1.80. The van der Waals surface area contributed by atoms with Gasteiger partial charge in [-0.15, -0.1) is 5.54 Å². The molecule has 0 spiro atoms. The average molecular weight is 293 g/mol. The molecule has 0 atom stereocenters. The maximum Gasteiger partial charge on any atom is 0.129 e. The first kappa shape index (κ1) is 15.1. The normalized spacial score (nSPS) is 10.7. The van der Waals surface area contributed by atoms with Gasteiger partial charge in [-0.2, -0.15) is 10.4 Å². The molecule has 21 heavy (non-hydrogen) atoms. The van der Waals surface area contributed by atoms with Crippen LogP contribution in [0.4, 0.5) is 0 Å². The van der Waals surface area contributed by atoms with Crippen molar-refractivity contribution in [2.24, 2.45) is 0 Å². The first-order valence-electron chi connectivity index (χ1n) is 6.90. The Hall–Kier alpha value is -2.30. The zero-order valence-electron chi connectivity index (χ0n) is 13.2. The van der Waals surface area contributed by atoms with Gasteiger partial charge in [-0.05, 0) is 37.6 Å². The lowest BCUT2D eigenvalue weighted by Crippen LogP contribution is -2.16. The Labute approximate surface area is 127 Å². The largest absolute Gasteiger partial charge is 0.237 e. The van der Waals surface area contributed by atoms with Gasteiger partial charge in [0, 0.05) is 0 Å². The van der Waals surface area contributed by atoms with Crippen LogP contribution in [0, 0.1) is 36.6 Å². The van der Waals surface area contributed by atoms with Gasteiger partial charge in [-0.1, -0.05) is 25.6 Å². The lowest BCUT2D eigenvalue weighted by Gasteiger charge is -2.06. The van der Waals surface area contributed by atoms with E-state index >= 15 is 0 Å². The molecule has 0 saturated carbocycles. The van der Waals surface area contributed by atoms with Gasteiger partial charge in [0.2, 0.25) is 0 Å². The summed E-state index contributed by atoms with van der Waals surface area (Å²) in [6, 6.07) is 7.93. The van der Waals surface area contributed by atoms with Crippen LogP contribution in [0.15, 0.2) is 24.4 Å². The lowest BCUT2D eigenvalue weighted by atomic mass is 10.1. The molecule has 4 heteroatoms. The maximum atomic E-state index is 9.08. The Morgan fingerprint density at radius 2 is 1.86 bits per heavy atom. The van der Waals surface area contributed by atoms with Gasteiger partial charge >= 0.3 is 0 Å². The predicted octanol–water partition coefficient (Wildman–Crippen LogP) is 3.59. The zero-order chi connectivity index (χ0) is 15.6. The molecule has 0 aliphatic heterocycles. The number of hydrogen-bond donors (Lipinski definition) is 0. The van der Waals surface area contributed by atoms with Crippen molar-refractivity contribution in [1.82, 2.24) is 9.78 Å². The Balaban J connectivity index is 2.48. The molecule has 2 aromatic rings. The van der Waals surface area contributed by atoms with Gasteiger partial charge in [0.15, 0.2) is 0 Å². The fourth-order valence-electron chi connectivity index (χ4n) is 2.00. The molecular formula is C17H19N3Si. The van der Waals surface area contributed by atoms with E-state index in [-0.39, 0.29) is 0 Å². The van der Waals surface area contributed by atoms with Crippen LogP contribution < -0.4 is 0 Å².